The second-order valence-corrected chi connectivity index (χ2v) is 14.7. The van der Waals surface area contributed by atoms with Gasteiger partial charge in [-0.2, -0.15) is 0 Å². The molecule has 7 nitrogen and oxygen atoms in total. The van der Waals surface area contributed by atoms with E-state index in [1.54, 1.807) is 12.3 Å². The lowest BCUT2D eigenvalue weighted by molar-refractivity contribution is -0.387. The SMILES string of the molecule is O=C(CSc1nc2ccc(N=Cc3ccc(Sc4nc5ccccc5s4)c([N+](=O)[O-])c3)cc2s1)c1ccc(-c2ccccc2)cc1. The fraction of sp³-hybridized carbons (Fsp3) is 0.0286. The molecule has 0 spiro atoms. The lowest BCUT2D eigenvalue weighted by Gasteiger charge is -2.03. The van der Waals surface area contributed by atoms with Crippen molar-refractivity contribution in [1.29, 1.82) is 0 Å². The van der Waals surface area contributed by atoms with Gasteiger partial charge in [0, 0.05) is 17.8 Å². The first-order chi connectivity index (χ1) is 22.5. The Bertz CT molecular complexity index is 2210. The zero-order chi connectivity index (χ0) is 31.5. The number of benzene rings is 5. The quantitative estimate of drug-likeness (QED) is 0.0468. The van der Waals surface area contributed by atoms with Crippen molar-refractivity contribution >= 4 is 90.0 Å². The molecule has 0 unspecified atom stereocenters. The van der Waals surface area contributed by atoms with Crippen LogP contribution in [0.1, 0.15) is 15.9 Å². The maximum absolute atomic E-state index is 12.9. The van der Waals surface area contributed by atoms with Crippen LogP contribution in [0.5, 0.6) is 0 Å². The number of Topliss-reactive ketones (excluding diaryl/α,β-unsaturated/α-hetero) is 1. The lowest BCUT2D eigenvalue weighted by Crippen LogP contribution is -2.01. The van der Waals surface area contributed by atoms with E-state index < -0.39 is 0 Å². The number of aromatic nitrogens is 2. The molecule has 0 saturated heterocycles. The van der Waals surface area contributed by atoms with Crippen LogP contribution in [0, 0.1) is 10.1 Å². The van der Waals surface area contributed by atoms with Gasteiger partial charge in [0.1, 0.15) is 0 Å². The third kappa shape index (κ3) is 6.77. The van der Waals surface area contributed by atoms with Crippen LogP contribution in [-0.4, -0.2) is 32.6 Å². The van der Waals surface area contributed by atoms with Crippen molar-refractivity contribution in [3.8, 4) is 11.1 Å². The number of hydrogen-bond donors (Lipinski definition) is 0. The molecule has 0 aliphatic carbocycles. The summed E-state index contributed by atoms with van der Waals surface area (Å²) in [4.78, 5) is 38.8. The molecule has 224 valence electrons. The number of fused-ring (bicyclic) bond motifs is 2. The van der Waals surface area contributed by atoms with Crippen LogP contribution in [0.25, 0.3) is 31.6 Å². The van der Waals surface area contributed by atoms with Gasteiger partial charge >= 0.3 is 0 Å². The van der Waals surface area contributed by atoms with Crippen molar-refractivity contribution in [2.75, 3.05) is 5.75 Å². The maximum atomic E-state index is 12.9. The van der Waals surface area contributed by atoms with Gasteiger partial charge < -0.3 is 0 Å². The van der Waals surface area contributed by atoms with Crippen molar-refractivity contribution in [1.82, 2.24) is 9.97 Å². The zero-order valence-electron chi connectivity index (χ0n) is 23.9. The molecular weight excluding hydrogens is 653 g/mol. The third-order valence-electron chi connectivity index (χ3n) is 7.01. The van der Waals surface area contributed by atoms with Crippen LogP contribution < -0.4 is 0 Å². The van der Waals surface area contributed by atoms with Crippen LogP contribution in [-0.2, 0) is 0 Å². The number of carbonyl (C=O) groups is 1. The van der Waals surface area contributed by atoms with Gasteiger partial charge in [-0.25, -0.2) is 9.97 Å². The molecule has 7 aromatic rings. The van der Waals surface area contributed by atoms with Gasteiger partial charge in [-0.05, 0) is 53.1 Å². The van der Waals surface area contributed by atoms with Gasteiger partial charge in [0.2, 0.25) is 0 Å². The highest BCUT2D eigenvalue weighted by Gasteiger charge is 2.17. The number of carbonyl (C=O) groups excluding carboxylic acids is 1. The first kappa shape index (κ1) is 30.0. The smallest absolute Gasteiger partial charge is 0.283 e. The first-order valence-electron chi connectivity index (χ1n) is 14.1. The van der Waals surface area contributed by atoms with Crippen molar-refractivity contribution in [2.24, 2.45) is 4.99 Å². The van der Waals surface area contributed by atoms with Crippen LogP contribution in [0.3, 0.4) is 0 Å². The molecule has 0 radical (unpaired) electrons. The summed E-state index contributed by atoms with van der Waals surface area (Å²) in [7, 11) is 0. The second kappa shape index (κ2) is 13.4. The minimum absolute atomic E-state index is 0.00877. The number of aliphatic imine (C=N–C) groups is 1. The van der Waals surface area contributed by atoms with Gasteiger partial charge in [0.25, 0.3) is 5.69 Å². The Balaban J connectivity index is 1.01. The second-order valence-electron chi connectivity index (χ2n) is 10.1. The predicted molar refractivity (Wildman–Crippen MR) is 191 cm³/mol. The molecule has 0 atom stereocenters. The van der Waals surface area contributed by atoms with Crippen LogP contribution in [0.2, 0.25) is 0 Å². The normalized spacial score (nSPS) is 11.5. The molecule has 0 aliphatic rings. The van der Waals surface area contributed by atoms with E-state index in [1.807, 2.05) is 103 Å². The molecule has 2 aromatic heterocycles. The van der Waals surface area contributed by atoms with Crippen LogP contribution in [0.4, 0.5) is 11.4 Å². The van der Waals surface area contributed by atoms with Gasteiger partial charge in [-0.1, -0.05) is 96.3 Å². The van der Waals surface area contributed by atoms with E-state index in [1.165, 1.54) is 52.3 Å². The molecule has 2 heterocycles. The van der Waals surface area contributed by atoms with Crippen LogP contribution >= 0.6 is 46.2 Å². The third-order valence-corrected chi connectivity index (χ3v) is 11.3. The molecule has 0 aliphatic heterocycles. The predicted octanol–water partition coefficient (Wildman–Crippen LogP) is 10.4. The molecule has 0 N–H and O–H groups in total. The highest BCUT2D eigenvalue weighted by molar-refractivity contribution is 8.01. The summed E-state index contributed by atoms with van der Waals surface area (Å²) in [6, 6.07) is 36.3. The number of para-hydroxylation sites is 1. The van der Waals surface area contributed by atoms with Crippen molar-refractivity contribution in [3.63, 3.8) is 0 Å². The number of thiazole rings is 2. The average Bonchev–Trinajstić information content (AvgIpc) is 3.70. The van der Waals surface area contributed by atoms with Gasteiger partial charge in [-0.15, -0.1) is 22.7 Å². The summed E-state index contributed by atoms with van der Waals surface area (Å²) in [5.41, 5.74) is 5.91. The summed E-state index contributed by atoms with van der Waals surface area (Å²) in [6.45, 7) is 0. The summed E-state index contributed by atoms with van der Waals surface area (Å²) in [5, 5.41) is 11.9. The van der Waals surface area contributed by atoms with E-state index in [-0.39, 0.29) is 16.4 Å². The van der Waals surface area contributed by atoms with Crippen LogP contribution in [0.15, 0.2) is 134 Å². The molecule has 5 aromatic carbocycles. The lowest BCUT2D eigenvalue weighted by atomic mass is 10.0. The minimum atomic E-state index is -0.375. The number of nitro groups is 1. The fourth-order valence-electron chi connectivity index (χ4n) is 4.71. The van der Waals surface area contributed by atoms with E-state index in [0.717, 1.165) is 40.2 Å². The number of thioether (sulfide) groups is 1. The van der Waals surface area contributed by atoms with Crippen molar-refractivity contribution in [3.05, 3.63) is 137 Å². The number of ketones is 1. The molecule has 0 bridgehead atoms. The van der Waals surface area contributed by atoms with E-state index in [4.69, 9.17) is 0 Å². The van der Waals surface area contributed by atoms with Gasteiger partial charge in [0.05, 0.1) is 41.7 Å². The molecule has 11 heteroatoms. The summed E-state index contributed by atoms with van der Waals surface area (Å²) in [6.07, 6.45) is 1.62. The Kier molecular flexibility index (Phi) is 8.71. The maximum Gasteiger partial charge on any atom is 0.283 e. The van der Waals surface area contributed by atoms with Crippen molar-refractivity contribution < 1.29 is 9.72 Å². The Morgan fingerprint density at radius 2 is 1.50 bits per heavy atom. The Morgan fingerprint density at radius 1 is 0.783 bits per heavy atom. The van der Waals surface area contributed by atoms with E-state index in [9.17, 15) is 14.9 Å². The fourth-order valence-corrected chi connectivity index (χ4v) is 8.81. The van der Waals surface area contributed by atoms with Gasteiger partial charge in [0.15, 0.2) is 14.5 Å². The molecule has 46 heavy (non-hydrogen) atoms. The van der Waals surface area contributed by atoms with E-state index >= 15 is 0 Å². The highest BCUT2D eigenvalue weighted by atomic mass is 32.2. The monoisotopic (exact) mass is 674 g/mol. The van der Waals surface area contributed by atoms with Gasteiger partial charge in [-0.3, -0.25) is 19.9 Å². The standard InChI is InChI=1S/C35H22N4O3S4/c40-30(25-13-11-24(12-14-25)23-6-2-1-3-7-23)21-43-34-37-28-16-15-26(19-33(28)46-34)36-20-22-10-17-32(29(18-22)39(41)42)45-35-38-27-8-4-5-9-31(27)44-35/h1-20H,21H2. The number of rotatable bonds is 10. The Morgan fingerprint density at radius 3 is 2.30 bits per heavy atom. The Labute approximate surface area is 280 Å². The first-order valence-corrected chi connectivity index (χ1v) is 17.5. The number of nitrogens with zero attached hydrogens (tertiary/aromatic N) is 4. The minimum Gasteiger partial charge on any atom is -0.293 e. The largest absolute Gasteiger partial charge is 0.293 e. The van der Waals surface area contributed by atoms with E-state index in [0.29, 0.717) is 27.5 Å². The Hall–Kier alpha value is -4.68. The topological polar surface area (TPSA) is 98.3 Å². The average molecular weight is 675 g/mol. The highest BCUT2D eigenvalue weighted by Crippen LogP contribution is 2.39. The summed E-state index contributed by atoms with van der Waals surface area (Å²) >= 11 is 5.73. The van der Waals surface area contributed by atoms with E-state index in [2.05, 4.69) is 15.0 Å². The number of hydrogen-bond acceptors (Lipinski definition) is 10. The molecule has 0 saturated carbocycles. The molecule has 0 amide bonds. The molecule has 7 rings (SSSR count). The number of nitro benzene ring substituents is 1. The summed E-state index contributed by atoms with van der Waals surface area (Å²) < 4.78 is 3.55. The molecular formula is C35H22N4O3S4. The van der Waals surface area contributed by atoms with Crippen molar-refractivity contribution in [2.45, 2.75) is 13.6 Å². The summed E-state index contributed by atoms with van der Waals surface area (Å²) in [5.74, 6) is 0.342. The zero-order valence-corrected chi connectivity index (χ0v) is 27.2. The molecule has 0 fully saturated rings.